The standard InChI is InChI=1S/C22H20ClN3O2/c1-13-7-14(2)21(20(23)8-13)25-19-10-17(11-24-12-19)22(28)26-18-6-4-5-16(9-18)15(3)27/h4-12,25H,1-3H3,(H,26,28). The first-order valence-electron chi connectivity index (χ1n) is 8.74. The molecule has 0 aliphatic heterocycles. The van der Waals surface area contributed by atoms with Crippen LogP contribution in [0, 0.1) is 13.8 Å². The number of benzene rings is 2. The first kappa shape index (κ1) is 19.6. The van der Waals surface area contributed by atoms with Crippen molar-refractivity contribution < 1.29 is 9.59 Å². The van der Waals surface area contributed by atoms with Gasteiger partial charge in [-0.2, -0.15) is 0 Å². The molecule has 142 valence electrons. The Hall–Kier alpha value is -3.18. The first-order valence-corrected chi connectivity index (χ1v) is 9.12. The van der Waals surface area contributed by atoms with E-state index in [1.807, 2.05) is 26.0 Å². The molecule has 0 bridgehead atoms. The number of carbonyl (C=O) groups excluding carboxylic acids is 2. The number of aryl methyl sites for hydroxylation is 2. The number of anilines is 3. The lowest BCUT2D eigenvalue weighted by molar-refractivity contribution is 0.101. The summed E-state index contributed by atoms with van der Waals surface area (Å²) in [4.78, 5) is 28.2. The number of Topliss-reactive ketones (excluding diaryl/α,β-unsaturated/α-hetero) is 1. The second-order valence-corrected chi connectivity index (χ2v) is 7.02. The van der Waals surface area contributed by atoms with E-state index in [0.29, 0.717) is 27.5 Å². The van der Waals surface area contributed by atoms with Gasteiger partial charge < -0.3 is 10.6 Å². The Balaban J connectivity index is 1.80. The normalized spacial score (nSPS) is 10.4. The van der Waals surface area contributed by atoms with Crippen LogP contribution in [-0.4, -0.2) is 16.7 Å². The van der Waals surface area contributed by atoms with Gasteiger partial charge in [-0.1, -0.05) is 29.8 Å². The Morgan fingerprint density at radius 1 is 0.964 bits per heavy atom. The molecule has 0 fully saturated rings. The van der Waals surface area contributed by atoms with Crippen LogP contribution in [0.15, 0.2) is 54.9 Å². The number of rotatable bonds is 5. The summed E-state index contributed by atoms with van der Waals surface area (Å²) in [7, 11) is 0. The molecule has 28 heavy (non-hydrogen) atoms. The average Bonchev–Trinajstić information content (AvgIpc) is 2.65. The summed E-state index contributed by atoms with van der Waals surface area (Å²) in [6.45, 7) is 5.43. The van der Waals surface area contributed by atoms with Crippen molar-refractivity contribution in [2.45, 2.75) is 20.8 Å². The van der Waals surface area contributed by atoms with Gasteiger partial charge in [0.1, 0.15) is 0 Å². The van der Waals surface area contributed by atoms with E-state index in [1.54, 1.807) is 36.5 Å². The van der Waals surface area contributed by atoms with Crippen LogP contribution >= 0.6 is 11.6 Å². The topological polar surface area (TPSA) is 71.1 Å². The second kappa shape index (κ2) is 8.23. The number of hydrogen-bond donors (Lipinski definition) is 2. The fourth-order valence-corrected chi connectivity index (χ4v) is 3.24. The van der Waals surface area contributed by atoms with Gasteiger partial charge in [-0.05, 0) is 56.2 Å². The van der Waals surface area contributed by atoms with Gasteiger partial charge in [0, 0.05) is 17.4 Å². The van der Waals surface area contributed by atoms with E-state index in [-0.39, 0.29) is 11.7 Å². The van der Waals surface area contributed by atoms with Gasteiger partial charge in [0.25, 0.3) is 5.91 Å². The van der Waals surface area contributed by atoms with E-state index < -0.39 is 0 Å². The van der Waals surface area contributed by atoms with Crippen LogP contribution in [0.2, 0.25) is 5.02 Å². The second-order valence-electron chi connectivity index (χ2n) is 6.62. The summed E-state index contributed by atoms with van der Waals surface area (Å²) >= 11 is 6.34. The summed E-state index contributed by atoms with van der Waals surface area (Å²) < 4.78 is 0. The van der Waals surface area contributed by atoms with Crippen LogP contribution in [-0.2, 0) is 0 Å². The third-order valence-electron chi connectivity index (χ3n) is 4.23. The average molecular weight is 394 g/mol. The Morgan fingerprint density at radius 3 is 2.43 bits per heavy atom. The van der Waals surface area contributed by atoms with Gasteiger partial charge in [-0.25, -0.2) is 0 Å². The molecular formula is C22H20ClN3O2. The lowest BCUT2D eigenvalue weighted by Gasteiger charge is -2.13. The molecule has 1 heterocycles. The van der Waals surface area contributed by atoms with Crippen molar-refractivity contribution in [2.24, 2.45) is 0 Å². The van der Waals surface area contributed by atoms with Gasteiger partial charge in [-0.15, -0.1) is 0 Å². The van der Waals surface area contributed by atoms with Crippen LogP contribution in [0.25, 0.3) is 0 Å². The molecule has 0 aliphatic carbocycles. The van der Waals surface area contributed by atoms with Gasteiger partial charge in [0.15, 0.2) is 5.78 Å². The molecule has 1 aromatic heterocycles. The molecule has 3 aromatic rings. The minimum absolute atomic E-state index is 0.0608. The lowest BCUT2D eigenvalue weighted by atomic mass is 10.1. The molecule has 0 spiro atoms. The van der Waals surface area contributed by atoms with Crippen molar-refractivity contribution in [1.82, 2.24) is 4.98 Å². The van der Waals surface area contributed by atoms with Crippen molar-refractivity contribution in [2.75, 3.05) is 10.6 Å². The number of hydrogen-bond acceptors (Lipinski definition) is 4. The summed E-state index contributed by atoms with van der Waals surface area (Å²) in [5.74, 6) is -0.377. The number of pyridine rings is 1. The number of amides is 1. The Labute approximate surface area is 168 Å². The maximum absolute atomic E-state index is 12.6. The number of halogens is 1. The fraction of sp³-hybridized carbons (Fsp3) is 0.136. The zero-order valence-electron chi connectivity index (χ0n) is 15.8. The van der Waals surface area contributed by atoms with Crippen LogP contribution in [0.4, 0.5) is 17.1 Å². The smallest absolute Gasteiger partial charge is 0.257 e. The number of nitrogens with one attached hydrogen (secondary N) is 2. The van der Waals surface area contributed by atoms with Crippen LogP contribution < -0.4 is 10.6 Å². The van der Waals surface area contributed by atoms with E-state index >= 15 is 0 Å². The summed E-state index contributed by atoms with van der Waals surface area (Å²) in [5.41, 5.74) is 4.98. The number of carbonyl (C=O) groups is 2. The molecule has 3 rings (SSSR count). The molecule has 0 saturated carbocycles. The largest absolute Gasteiger partial charge is 0.353 e. The maximum atomic E-state index is 12.6. The number of nitrogens with zero attached hydrogens (tertiary/aromatic N) is 1. The summed E-state index contributed by atoms with van der Waals surface area (Å²) in [5, 5.41) is 6.63. The summed E-state index contributed by atoms with van der Waals surface area (Å²) in [6, 6.07) is 12.4. The first-order chi connectivity index (χ1) is 13.3. The molecule has 0 atom stereocenters. The monoisotopic (exact) mass is 393 g/mol. The molecule has 2 N–H and O–H groups in total. The van der Waals surface area contributed by atoms with E-state index in [2.05, 4.69) is 15.6 Å². The van der Waals surface area contributed by atoms with E-state index in [1.165, 1.54) is 13.1 Å². The highest BCUT2D eigenvalue weighted by Crippen LogP contribution is 2.30. The number of ketones is 1. The number of aromatic nitrogens is 1. The molecule has 5 nitrogen and oxygen atoms in total. The van der Waals surface area contributed by atoms with E-state index in [0.717, 1.165) is 16.8 Å². The molecule has 6 heteroatoms. The Kier molecular flexibility index (Phi) is 5.76. The van der Waals surface area contributed by atoms with E-state index in [4.69, 9.17) is 11.6 Å². The molecule has 0 unspecified atom stereocenters. The van der Waals surface area contributed by atoms with Gasteiger partial charge in [0.2, 0.25) is 0 Å². The maximum Gasteiger partial charge on any atom is 0.257 e. The molecule has 0 saturated heterocycles. The minimum Gasteiger partial charge on any atom is -0.353 e. The molecule has 0 radical (unpaired) electrons. The van der Waals surface area contributed by atoms with Crippen LogP contribution in [0.5, 0.6) is 0 Å². The predicted octanol–water partition coefficient (Wildman–Crippen LogP) is 5.55. The highest BCUT2D eigenvalue weighted by Gasteiger charge is 2.11. The molecular weight excluding hydrogens is 374 g/mol. The van der Waals surface area contributed by atoms with Crippen LogP contribution in [0.1, 0.15) is 38.8 Å². The Morgan fingerprint density at radius 2 is 1.71 bits per heavy atom. The highest BCUT2D eigenvalue weighted by atomic mass is 35.5. The van der Waals surface area contributed by atoms with Gasteiger partial charge in [0.05, 0.1) is 28.2 Å². The predicted molar refractivity (Wildman–Crippen MR) is 113 cm³/mol. The fourth-order valence-electron chi connectivity index (χ4n) is 2.87. The SMILES string of the molecule is CC(=O)c1cccc(NC(=O)c2cncc(Nc3c(C)cc(C)cc3Cl)c2)c1. The minimum atomic E-state index is -0.316. The molecule has 0 aliphatic rings. The van der Waals surface area contributed by atoms with Crippen molar-refractivity contribution in [3.8, 4) is 0 Å². The van der Waals surface area contributed by atoms with Crippen LogP contribution in [0.3, 0.4) is 0 Å². The van der Waals surface area contributed by atoms with Crippen molar-refractivity contribution >= 4 is 40.4 Å². The van der Waals surface area contributed by atoms with Crippen molar-refractivity contribution in [3.63, 3.8) is 0 Å². The van der Waals surface area contributed by atoms with Gasteiger partial charge >= 0.3 is 0 Å². The zero-order valence-corrected chi connectivity index (χ0v) is 16.6. The zero-order chi connectivity index (χ0) is 20.3. The third-order valence-corrected chi connectivity index (χ3v) is 4.53. The highest BCUT2D eigenvalue weighted by molar-refractivity contribution is 6.33. The van der Waals surface area contributed by atoms with Gasteiger partial charge in [-0.3, -0.25) is 14.6 Å². The Bertz CT molecular complexity index is 1040. The van der Waals surface area contributed by atoms with Crippen molar-refractivity contribution in [1.29, 1.82) is 0 Å². The lowest BCUT2D eigenvalue weighted by Crippen LogP contribution is -2.13. The third kappa shape index (κ3) is 4.56. The quantitative estimate of drug-likeness (QED) is 0.557. The van der Waals surface area contributed by atoms with E-state index in [9.17, 15) is 9.59 Å². The molecule has 1 amide bonds. The summed E-state index contributed by atoms with van der Waals surface area (Å²) in [6.07, 6.45) is 3.11. The van der Waals surface area contributed by atoms with Crippen molar-refractivity contribution in [3.05, 3.63) is 82.1 Å². The molecule has 2 aromatic carbocycles.